The number of anilines is 1. The number of carbonyl (C=O) groups excluding carboxylic acids is 2. The number of non-ortho nitro benzene ring substituents is 1. The molecule has 0 spiro atoms. The lowest BCUT2D eigenvalue weighted by molar-refractivity contribution is -0.384. The van der Waals surface area contributed by atoms with E-state index in [-0.39, 0.29) is 29.9 Å². The zero-order chi connectivity index (χ0) is 25.6. The van der Waals surface area contributed by atoms with E-state index in [1.807, 2.05) is 31.2 Å². The van der Waals surface area contributed by atoms with Gasteiger partial charge in [0, 0.05) is 24.7 Å². The van der Waals surface area contributed by atoms with E-state index < -0.39 is 33.4 Å². The van der Waals surface area contributed by atoms with Gasteiger partial charge in [-0.3, -0.25) is 24.0 Å². The van der Waals surface area contributed by atoms with Crippen molar-refractivity contribution >= 4 is 33.2 Å². The molecule has 0 aliphatic rings. The number of nitrogens with one attached hydrogen (secondary N) is 1. The molecule has 0 aliphatic heterocycles. The van der Waals surface area contributed by atoms with E-state index in [1.54, 1.807) is 20.8 Å². The van der Waals surface area contributed by atoms with Crippen molar-refractivity contribution in [3.8, 4) is 0 Å². The predicted molar refractivity (Wildman–Crippen MR) is 130 cm³/mol. The number of nitro benzene ring substituents is 1. The highest BCUT2D eigenvalue weighted by Crippen LogP contribution is 2.24. The van der Waals surface area contributed by atoms with E-state index in [4.69, 9.17) is 0 Å². The topological polar surface area (TPSA) is 130 Å². The summed E-state index contributed by atoms with van der Waals surface area (Å²) < 4.78 is 25.9. The van der Waals surface area contributed by atoms with Crippen molar-refractivity contribution in [1.82, 2.24) is 10.2 Å². The van der Waals surface area contributed by atoms with Gasteiger partial charge in [-0.25, -0.2) is 8.42 Å². The van der Waals surface area contributed by atoms with E-state index >= 15 is 0 Å². The summed E-state index contributed by atoms with van der Waals surface area (Å²) in [4.78, 5) is 38.0. The number of nitrogens with zero attached hydrogens (tertiary/aromatic N) is 3. The van der Waals surface area contributed by atoms with Crippen LogP contribution in [0.5, 0.6) is 0 Å². The first-order chi connectivity index (χ1) is 15.8. The maximum atomic E-state index is 13.4. The van der Waals surface area contributed by atoms with Gasteiger partial charge < -0.3 is 10.2 Å². The fraction of sp³-hybridized carbons (Fsp3) is 0.391. The Hall–Kier alpha value is -3.47. The third-order valence-corrected chi connectivity index (χ3v) is 6.18. The average molecular weight is 491 g/mol. The van der Waals surface area contributed by atoms with Gasteiger partial charge >= 0.3 is 0 Å². The zero-order valence-electron chi connectivity index (χ0n) is 19.9. The van der Waals surface area contributed by atoms with Gasteiger partial charge in [0.1, 0.15) is 12.6 Å². The minimum absolute atomic E-state index is 0.0140. The van der Waals surface area contributed by atoms with Gasteiger partial charge in [-0.1, -0.05) is 35.9 Å². The molecule has 0 bridgehead atoms. The lowest BCUT2D eigenvalue weighted by Gasteiger charge is -2.32. The lowest BCUT2D eigenvalue weighted by Crippen LogP contribution is -2.52. The van der Waals surface area contributed by atoms with Crippen LogP contribution in [0.15, 0.2) is 48.5 Å². The molecule has 184 valence electrons. The number of rotatable bonds is 10. The molecule has 34 heavy (non-hydrogen) atoms. The van der Waals surface area contributed by atoms with Crippen molar-refractivity contribution in [2.45, 2.75) is 46.3 Å². The average Bonchev–Trinajstić information content (AvgIpc) is 2.74. The Labute approximate surface area is 199 Å². The molecule has 2 amide bonds. The molecule has 2 aromatic rings. The molecule has 0 aromatic heterocycles. The molecule has 0 saturated carbocycles. The van der Waals surface area contributed by atoms with Crippen molar-refractivity contribution < 1.29 is 22.9 Å². The summed E-state index contributed by atoms with van der Waals surface area (Å²) in [7, 11) is -3.97. The number of carbonyl (C=O) groups is 2. The van der Waals surface area contributed by atoms with Gasteiger partial charge in [-0.2, -0.15) is 0 Å². The largest absolute Gasteiger partial charge is 0.352 e. The Bertz CT molecular complexity index is 1170. The Morgan fingerprint density at radius 2 is 1.74 bits per heavy atom. The number of nitro groups is 1. The molecule has 0 fully saturated rings. The molecule has 0 aliphatic carbocycles. The third kappa shape index (κ3) is 7.27. The van der Waals surface area contributed by atoms with Crippen LogP contribution in [0.4, 0.5) is 11.4 Å². The van der Waals surface area contributed by atoms with E-state index in [9.17, 15) is 28.1 Å². The molecule has 1 N–H and O–H groups in total. The number of hydrogen-bond donors (Lipinski definition) is 1. The summed E-state index contributed by atoms with van der Waals surface area (Å²) in [5, 5.41) is 13.9. The van der Waals surface area contributed by atoms with Gasteiger partial charge in [0.2, 0.25) is 21.8 Å². The SMILES string of the molecule is Cc1cccc(CN(C(=O)CN(c2cccc([N+](=O)[O-])c2)S(C)(=O)=O)[C@@H](C)C(=O)NC(C)C)c1. The van der Waals surface area contributed by atoms with Crippen LogP contribution in [-0.4, -0.2) is 54.9 Å². The third-order valence-electron chi connectivity index (χ3n) is 5.04. The summed E-state index contributed by atoms with van der Waals surface area (Å²) in [6, 6.07) is 11.4. The minimum atomic E-state index is -3.97. The lowest BCUT2D eigenvalue weighted by atomic mass is 10.1. The Morgan fingerprint density at radius 3 is 2.29 bits per heavy atom. The highest BCUT2D eigenvalue weighted by molar-refractivity contribution is 7.92. The monoisotopic (exact) mass is 490 g/mol. The molecule has 1 atom stereocenters. The van der Waals surface area contributed by atoms with Gasteiger partial charge in [0.25, 0.3) is 5.69 Å². The highest BCUT2D eigenvalue weighted by atomic mass is 32.2. The molecular formula is C23H30N4O6S. The number of benzene rings is 2. The van der Waals surface area contributed by atoms with E-state index in [2.05, 4.69) is 5.32 Å². The van der Waals surface area contributed by atoms with Crippen molar-refractivity contribution in [2.75, 3.05) is 17.1 Å². The number of hydrogen-bond acceptors (Lipinski definition) is 6. The maximum Gasteiger partial charge on any atom is 0.271 e. The molecular weight excluding hydrogens is 460 g/mol. The molecule has 2 rings (SSSR count). The molecule has 0 saturated heterocycles. The minimum Gasteiger partial charge on any atom is -0.352 e. The van der Waals surface area contributed by atoms with Crippen molar-refractivity contribution in [2.24, 2.45) is 0 Å². The summed E-state index contributed by atoms with van der Waals surface area (Å²) in [5.74, 6) is -0.998. The summed E-state index contributed by atoms with van der Waals surface area (Å²) >= 11 is 0. The molecule has 10 nitrogen and oxygen atoms in total. The fourth-order valence-corrected chi connectivity index (χ4v) is 4.21. The summed E-state index contributed by atoms with van der Waals surface area (Å²) in [6.45, 7) is 6.53. The molecule has 11 heteroatoms. The molecule has 0 radical (unpaired) electrons. The van der Waals surface area contributed by atoms with E-state index in [0.717, 1.165) is 27.8 Å². The smallest absolute Gasteiger partial charge is 0.271 e. The second kappa shape index (κ2) is 11.1. The van der Waals surface area contributed by atoms with Crippen LogP contribution in [0, 0.1) is 17.0 Å². The van der Waals surface area contributed by atoms with Crippen molar-refractivity contribution in [1.29, 1.82) is 0 Å². The van der Waals surface area contributed by atoms with Gasteiger partial charge in [0.15, 0.2) is 0 Å². The first kappa shape index (κ1) is 26.8. The second-order valence-corrected chi connectivity index (χ2v) is 10.3. The highest BCUT2D eigenvalue weighted by Gasteiger charge is 2.30. The molecule has 0 heterocycles. The standard InChI is InChI=1S/C23H30N4O6S/c1-16(2)24-23(29)18(4)25(14-19-9-6-8-17(3)12-19)22(28)15-26(34(5,32)33)20-10-7-11-21(13-20)27(30)31/h6-13,16,18H,14-15H2,1-5H3,(H,24,29)/t18-/m0/s1. The maximum absolute atomic E-state index is 13.4. The van der Waals surface area contributed by atoms with Crippen LogP contribution in [0.2, 0.25) is 0 Å². The summed E-state index contributed by atoms with van der Waals surface area (Å²) in [5.41, 5.74) is 1.43. The number of amides is 2. The van der Waals surface area contributed by atoms with Crippen LogP contribution in [-0.2, 0) is 26.2 Å². The number of aryl methyl sites for hydroxylation is 1. The normalized spacial score (nSPS) is 12.2. The van der Waals surface area contributed by atoms with Crippen molar-refractivity contribution in [3.05, 3.63) is 69.8 Å². The van der Waals surface area contributed by atoms with Crippen molar-refractivity contribution in [3.63, 3.8) is 0 Å². The quantitative estimate of drug-likeness (QED) is 0.402. The first-order valence-electron chi connectivity index (χ1n) is 10.7. The van der Waals surface area contributed by atoms with Crippen LogP contribution < -0.4 is 9.62 Å². The van der Waals surface area contributed by atoms with E-state index in [0.29, 0.717) is 0 Å². The Kier molecular flexibility index (Phi) is 8.74. The predicted octanol–water partition coefficient (Wildman–Crippen LogP) is 2.61. The zero-order valence-corrected chi connectivity index (χ0v) is 20.7. The molecule has 2 aromatic carbocycles. The first-order valence-corrected chi connectivity index (χ1v) is 12.5. The van der Waals surface area contributed by atoms with Crippen LogP contribution in [0.25, 0.3) is 0 Å². The fourth-order valence-electron chi connectivity index (χ4n) is 3.37. The van der Waals surface area contributed by atoms with Crippen LogP contribution in [0.1, 0.15) is 31.9 Å². The van der Waals surface area contributed by atoms with Crippen LogP contribution in [0.3, 0.4) is 0 Å². The summed E-state index contributed by atoms with van der Waals surface area (Å²) in [6.07, 6.45) is 0.916. The van der Waals surface area contributed by atoms with Gasteiger partial charge in [-0.15, -0.1) is 0 Å². The van der Waals surface area contributed by atoms with E-state index in [1.165, 1.54) is 23.1 Å². The number of sulfonamides is 1. The van der Waals surface area contributed by atoms with Crippen LogP contribution >= 0.6 is 0 Å². The molecule has 0 unspecified atom stereocenters. The Morgan fingerprint density at radius 1 is 1.09 bits per heavy atom. The Balaban J connectivity index is 2.43. The second-order valence-electron chi connectivity index (χ2n) is 8.40. The van der Waals surface area contributed by atoms with Gasteiger partial charge in [0.05, 0.1) is 16.9 Å². The van der Waals surface area contributed by atoms with Gasteiger partial charge in [-0.05, 0) is 39.3 Å².